The molecule has 2 aromatic heterocycles. The minimum atomic E-state index is 0.152. The van der Waals surface area contributed by atoms with Crippen LogP contribution in [0.4, 0.5) is 0 Å². The smallest absolute Gasteiger partial charge is 0.185 e. The van der Waals surface area contributed by atoms with Crippen molar-refractivity contribution in [3.05, 3.63) is 47.6 Å². The largest absolute Gasteiger partial charge is 0.507 e. The van der Waals surface area contributed by atoms with E-state index in [4.69, 9.17) is 11.6 Å². The minimum absolute atomic E-state index is 0.152. The summed E-state index contributed by atoms with van der Waals surface area (Å²) in [5.41, 5.74) is 1.24. The monoisotopic (exact) mass is 245 g/mol. The number of aromatic hydroxyl groups is 1. The number of pyridine rings is 1. The Morgan fingerprint density at radius 1 is 1.06 bits per heavy atom. The first-order valence-electron chi connectivity index (χ1n) is 5.05. The van der Waals surface area contributed by atoms with E-state index in [2.05, 4.69) is 10.1 Å². The molecule has 0 atom stereocenters. The van der Waals surface area contributed by atoms with E-state index in [1.54, 1.807) is 30.3 Å². The van der Waals surface area contributed by atoms with Crippen molar-refractivity contribution in [3.63, 3.8) is 0 Å². The predicted octanol–water partition coefficient (Wildman–Crippen LogP) is 2.76. The van der Waals surface area contributed by atoms with Crippen molar-refractivity contribution in [1.29, 1.82) is 0 Å². The SMILES string of the molecule is Oc1ccccc1-c1nc2cccc(Cl)n2n1. The summed E-state index contributed by atoms with van der Waals surface area (Å²) in [6, 6.07) is 12.3. The fraction of sp³-hybridized carbons (Fsp3) is 0. The van der Waals surface area contributed by atoms with E-state index in [1.807, 2.05) is 12.1 Å². The van der Waals surface area contributed by atoms with E-state index in [9.17, 15) is 5.11 Å². The molecule has 5 heteroatoms. The summed E-state index contributed by atoms with van der Waals surface area (Å²) in [6.45, 7) is 0. The number of aromatic nitrogens is 3. The van der Waals surface area contributed by atoms with E-state index < -0.39 is 0 Å². The molecular weight excluding hydrogens is 238 g/mol. The highest BCUT2D eigenvalue weighted by atomic mass is 35.5. The molecule has 0 unspecified atom stereocenters. The Labute approximate surface area is 102 Å². The third kappa shape index (κ3) is 1.62. The lowest BCUT2D eigenvalue weighted by Crippen LogP contribution is -1.88. The summed E-state index contributed by atoms with van der Waals surface area (Å²) in [5.74, 6) is 0.607. The normalized spacial score (nSPS) is 10.9. The highest BCUT2D eigenvalue weighted by molar-refractivity contribution is 6.29. The molecule has 3 aromatic rings. The van der Waals surface area contributed by atoms with Crippen LogP contribution in [0, 0.1) is 0 Å². The van der Waals surface area contributed by atoms with Crippen molar-refractivity contribution in [2.75, 3.05) is 0 Å². The first-order chi connectivity index (χ1) is 8.25. The Hall–Kier alpha value is -2.07. The summed E-state index contributed by atoms with van der Waals surface area (Å²) >= 11 is 6.00. The number of phenols is 1. The maximum atomic E-state index is 9.74. The third-order valence-corrected chi connectivity index (χ3v) is 2.74. The van der Waals surface area contributed by atoms with E-state index in [1.165, 1.54) is 4.52 Å². The molecule has 0 saturated heterocycles. The number of fused-ring (bicyclic) bond motifs is 1. The van der Waals surface area contributed by atoms with Crippen LogP contribution in [-0.4, -0.2) is 19.7 Å². The standard InChI is InChI=1S/C12H8ClN3O/c13-10-6-3-7-11-14-12(15-16(10)11)8-4-1-2-5-9(8)17/h1-7,17H. The zero-order valence-corrected chi connectivity index (χ0v) is 9.46. The average Bonchev–Trinajstić information content (AvgIpc) is 2.75. The molecule has 1 aromatic carbocycles. The van der Waals surface area contributed by atoms with Crippen molar-refractivity contribution in [1.82, 2.24) is 14.6 Å². The van der Waals surface area contributed by atoms with Crippen LogP contribution in [0.1, 0.15) is 0 Å². The molecule has 0 aliphatic rings. The van der Waals surface area contributed by atoms with E-state index in [-0.39, 0.29) is 5.75 Å². The maximum Gasteiger partial charge on any atom is 0.185 e. The second-order valence-corrected chi connectivity index (χ2v) is 3.96. The number of hydrogen-bond donors (Lipinski definition) is 1. The van der Waals surface area contributed by atoms with Gasteiger partial charge in [-0.1, -0.05) is 29.8 Å². The zero-order valence-electron chi connectivity index (χ0n) is 8.71. The Morgan fingerprint density at radius 2 is 1.88 bits per heavy atom. The Bertz CT molecular complexity index is 693. The van der Waals surface area contributed by atoms with Crippen LogP contribution in [0.3, 0.4) is 0 Å². The minimum Gasteiger partial charge on any atom is -0.507 e. The van der Waals surface area contributed by atoms with Gasteiger partial charge in [-0.15, -0.1) is 5.10 Å². The second-order valence-electron chi connectivity index (χ2n) is 3.57. The topological polar surface area (TPSA) is 50.4 Å². The maximum absolute atomic E-state index is 9.74. The molecule has 0 saturated carbocycles. The lowest BCUT2D eigenvalue weighted by molar-refractivity contribution is 0.477. The summed E-state index contributed by atoms with van der Waals surface area (Å²) < 4.78 is 1.53. The van der Waals surface area contributed by atoms with Gasteiger partial charge in [-0.3, -0.25) is 0 Å². The van der Waals surface area contributed by atoms with E-state index in [0.717, 1.165) is 0 Å². The fourth-order valence-corrected chi connectivity index (χ4v) is 1.85. The van der Waals surface area contributed by atoms with Gasteiger partial charge in [0.25, 0.3) is 0 Å². The van der Waals surface area contributed by atoms with Gasteiger partial charge in [-0.25, -0.2) is 9.50 Å². The Balaban J connectivity index is 2.26. The van der Waals surface area contributed by atoms with Gasteiger partial charge in [0, 0.05) is 0 Å². The Morgan fingerprint density at radius 3 is 2.65 bits per heavy atom. The molecule has 0 amide bonds. The highest BCUT2D eigenvalue weighted by Crippen LogP contribution is 2.26. The van der Waals surface area contributed by atoms with Crippen LogP contribution >= 0.6 is 11.6 Å². The van der Waals surface area contributed by atoms with Gasteiger partial charge in [0.15, 0.2) is 11.5 Å². The van der Waals surface area contributed by atoms with Gasteiger partial charge in [0.2, 0.25) is 0 Å². The average molecular weight is 246 g/mol. The second kappa shape index (κ2) is 3.75. The lowest BCUT2D eigenvalue weighted by atomic mass is 10.2. The summed E-state index contributed by atoms with van der Waals surface area (Å²) in [4.78, 5) is 4.31. The van der Waals surface area contributed by atoms with Crippen LogP contribution in [0.15, 0.2) is 42.5 Å². The number of para-hydroxylation sites is 1. The molecule has 0 spiro atoms. The molecule has 17 heavy (non-hydrogen) atoms. The molecule has 0 aliphatic heterocycles. The number of nitrogens with zero attached hydrogens (tertiary/aromatic N) is 3. The molecule has 84 valence electrons. The van der Waals surface area contributed by atoms with Gasteiger partial charge in [-0.2, -0.15) is 0 Å². The fourth-order valence-electron chi connectivity index (χ4n) is 1.65. The van der Waals surface area contributed by atoms with Crippen LogP contribution in [0.5, 0.6) is 5.75 Å². The van der Waals surface area contributed by atoms with Crippen molar-refractivity contribution in [3.8, 4) is 17.1 Å². The quantitative estimate of drug-likeness (QED) is 0.671. The first kappa shape index (κ1) is 10.1. The molecule has 0 aliphatic carbocycles. The van der Waals surface area contributed by atoms with Gasteiger partial charge < -0.3 is 5.11 Å². The lowest BCUT2D eigenvalue weighted by Gasteiger charge is -1.97. The van der Waals surface area contributed by atoms with Crippen LogP contribution in [0.2, 0.25) is 5.15 Å². The summed E-state index contributed by atoms with van der Waals surface area (Å²) in [6.07, 6.45) is 0. The van der Waals surface area contributed by atoms with Crippen molar-refractivity contribution in [2.24, 2.45) is 0 Å². The van der Waals surface area contributed by atoms with Gasteiger partial charge in [0.1, 0.15) is 10.9 Å². The molecular formula is C12H8ClN3O. The van der Waals surface area contributed by atoms with Crippen LogP contribution in [0.25, 0.3) is 17.0 Å². The van der Waals surface area contributed by atoms with Gasteiger partial charge in [-0.05, 0) is 24.3 Å². The number of benzene rings is 1. The molecule has 2 heterocycles. The van der Waals surface area contributed by atoms with Crippen molar-refractivity contribution < 1.29 is 5.11 Å². The van der Waals surface area contributed by atoms with E-state index in [0.29, 0.717) is 22.2 Å². The highest BCUT2D eigenvalue weighted by Gasteiger charge is 2.10. The molecule has 0 bridgehead atoms. The van der Waals surface area contributed by atoms with E-state index >= 15 is 0 Å². The molecule has 0 radical (unpaired) electrons. The number of halogens is 1. The molecule has 3 rings (SSSR count). The summed E-state index contributed by atoms with van der Waals surface area (Å²) in [5, 5.41) is 14.5. The first-order valence-corrected chi connectivity index (χ1v) is 5.43. The molecule has 0 fully saturated rings. The van der Waals surface area contributed by atoms with Gasteiger partial charge in [0.05, 0.1) is 5.56 Å². The number of hydrogen-bond acceptors (Lipinski definition) is 3. The molecule has 1 N–H and O–H groups in total. The number of phenolic OH excluding ortho intramolecular Hbond substituents is 1. The number of rotatable bonds is 1. The molecule has 4 nitrogen and oxygen atoms in total. The summed E-state index contributed by atoms with van der Waals surface area (Å²) in [7, 11) is 0. The van der Waals surface area contributed by atoms with Crippen LogP contribution < -0.4 is 0 Å². The van der Waals surface area contributed by atoms with Crippen molar-refractivity contribution >= 4 is 17.2 Å². The van der Waals surface area contributed by atoms with Gasteiger partial charge >= 0.3 is 0 Å². The zero-order chi connectivity index (χ0) is 11.8. The van der Waals surface area contributed by atoms with Crippen LogP contribution in [-0.2, 0) is 0 Å². The predicted molar refractivity (Wildman–Crippen MR) is 65.1 cm³/mol. The van der Waals surface area contributed by atoms with Crippen molar-refractivity contribution in [2.45, 2.75) is 0 Å². The Kier molecular flexibility index (Phi) is 2.23. The third-order valence-electron chi connectivity index (χ3n) is 2.46.